The van der Waals surface area contributed by atoms with Gasteiger partial charge in [0.25, 0.3) is 0 Å². The Hall–Kier alpha value is -1.47. The molecule has 0 spiro atoms. The molecule has 0 aromatic heterocycles. The van der Waals surface area contributed by atoms with Crippen molar-refractivity contribution in [2.45, 2.75) is 31.7 Å². The van der Waals surface area contributed by atoms with Gasteiger partial charge in [0, 0.05) is 17.5 Å². The summed E-state index contributed by atoms with van der Waals surface area (Å²) < 4.78 is 42.1. The highest BCUT2D eigenvalue weighted by Gasteiger charge is 2.44. The maximum absolute atomic E-state index is 12.2. The molecule has 1 aliphatic rings. The molecule has 1 heterocycles. The number of carbonyl (C=O) groups is 1. The Bertz CT molecular complexity index is 506. The number of halogens is 4. The summed E-state index contributed by atoms with van der Waals surface area (Å²) in [5.41, 5.74) is 0. The maximum Gasteiger partial charge on any atom is 0.492 e. The second kappa shape index (κ2) is 6.11. The fraction of sp³-hybridized carbons (Fsp3) is 0.462. The molecule has 1 aliphatic heterocycles. The number of alkyl halides is 3. The topological polar surface area (TPSA) is 38.8 Å². The van der Waals surface area contributed by atoms with E-state index in [9.17, 15) is 18.0 Å². The van der Waals surface area contributed by atoms with Crippen molar-refractivity contribution >= 4 is 17.6 Å². The van der Waals surface area contributed by atoms with Gasteiger partial charge in [-0.3, -0.25) is 0 Å². The molecule has 2 atom stereocenters. The van der Waals surface area contributed by atoms with Gasteiger partial charge in [-0.1, -0.05) is 11.6 Å². The van der Waals surface area contributed by atoms with E-state index in [-0.39, 0.29) is 18.7 Å². The van der Waals surface area contributed by atoms with Crippen molar-refractivity contribution in [3.63, 3.8) is 0 Å². The largest absolute Gasteiger partial charge is 0.492 e. The number of benzene rings is 1. The van der Waals surface area contributed by atoms with Crippen molar-refractivity contribution in [3.8, 4) is 5.75 Å². The van der Waals surface area contributed by atoms with Gasteiger partial charge in [-0.05, 0) is 31.2 Å². The number of hydrogen-bond donors (Lipinski definition) is 0. The molecular weight excluding hydrogens is 311 g/mol. The van der Waals surface area contributed by atoms with Crippen molar-refractivity contribution < 1.29 is 27.5 Å². The number of carbonyl (C=O) groups excluding carboxylic acids is 1. The van der Waals surface area contributed by atoms with Gasteiger partial charge in [0.2, 0.25) is 0 Å². The average Bonchev–Trinajstić information content (AvgIpc) is 2.71. The minimum atomic E-state index is -5.01. The molecule has 1 saturated heterocycles. The van der Waals surface area contributed by atoms with Crippen LogP contribution >= 0.6 is 11.6 Å². The first-order valence-electron chi connectivity index (χ1n) is 6.23. The lowest BCUT2D eigenvalue weighted by atomic mass is 10.2. The van der Waals surface area contributed by atoms with E-state index in [1.165, 1.54) is 0 Å². The van der Waals surface area contributed by atoms with Gasteiger partial charge in [-0.25, -0.2) is 4.79 Å². The van der Waals surface area contributed by atoms with Crippen LogP contribution in [0.3, 0.4) is 0 Å². The lowest BCUT2D eigenvalue weighted by Gasteiger charge is -2.20. The number of rotatable bonds is 3. The SMILES string of the molecule is C[C@@H]1C[C@H](Oc2ccc(Cl)cc2)CN1OC(=O)C(F)(F)F. The number of ether oxygens (including phenoxy) is 1. The molecule has 0 N–H and O–H groups in total. The van der Waals surface area contributed by atoms with Crippen LogP contribution in [-0.2, 0) is 9.63 Å². The Labute approximate surface area is 124 Å². The lowest BCUT2D eigenvalue weighted by Crippen LogP contribution is -2.37. The molecule has 1 aromatic carbocycles. The Kier molecular flexibility index (Phi) is 4.63. The molecule has 1 aromatic rings. The molecule has 116 valence electrons. The van der Waals surface area contributed by atoms with E-state index >= 15 is 0 Å². The molecule has 0 aliphatic carbocycles. The first-order chi connectivity index (χ1) is 9.75. The van der Waals surface area contributed by atoms with Crippen molar-refractivity contribution in [3.05, 3.63) is 29.3 Å². The molecule has 8 heteroatoms. The molecule has 0 saturated carbocycles. The maximum atomic E-state index is 12.2. The average molecular weight is 324 g/mol. The zero-order chi connectivity index (χ0) is 15.6. The van der Waals surface area contributed by atoms with Gasteiger partial charge in [0.1, 0.15) is 11.9 Å². The summed E-state index contributed by atoms with van der Waals surface area (Å²) >= 11 is 5.75. The number of nitrogens with zero attached hydrogens (tertiary/aromatic N) is 1. The van der Waals surface area contributed by atoms with E-state index in [1.807, 2.05) is 0 Å². The van der Waals surface area contributed by atoms with Crippen LogP contribution in [-0.4, -0.2) is 35.9 Å². The molecule has 0 radical (unpaired) electrons. The standard InChI is InChI=1S/C13H13ClF3NO3/c1-8-6-11(20-10-4-2-9(14)3-5-10)7-18(8)21-12(19)13(15,16)17/h2-5,8,11H,6-7H2,1H3/t8-,11+/m1/s1. The smallest absolute Gasteiger partial charge is 0.489 e. The summed E-state index contributed by atoms with van der Waals surface area (Å²) in [6.45, 7) is 1.74. The summed E-state index contributed by atoms with van der Waals surface area (Å²) in [5, 5.41) is 1.55. The molecule has 1 fully saturated rings. The van der Waals surface area contributed by atoms with Crippen molar-refractivity contribution in [2.75, 3.05) is 6.54 Å². The summed E-state index contributed by atoms with van der Waals surface area (Å²) in [4.78, 5) is 15.2. The van der Waals surface area contributed by atoms with Crippen LogP contribution in [0, 0.1) is 0 Å². The summed E-state index contributed by atoms with van der Waals surface area (Å²) in [5.74, 6) is -1.66. The highest BCUT2D eigenvalue weighted by Crippen LogP contribution is 2.26. The quantitative estimate of drug-likeness (QED) is 0.856. The molecular formula is C13H13ClF3NO3. The first kappa shape index (κ1) is 15.9. The molecule has 0 bridgehead atoms. The second-order valence-electron chi connectivity index (χ2n) is 4.75. The van der Waals surface area contributed by atoms with E-state index in [2.05, 4.69) is 4.84 Å². The van der Waals surface area contributed by atoms with Crippen LogP contribution < -0.4 is 4.74 Å². The van der Waals surface area contributed by atoms with Gasteiger partial charge >= 0.3 is 12.1 Å². The van der Waals surface area contributed by atoms with Crippen molar-refractivity contribution in [1.29, 1.82) is 0 Å². The molecule has 0 unspecified atom stereocenters. The predicted octanol–water partition coefficient (Wildman–Crippen LogP) is 3.20. The minimum Gasteiger partial charge on any atom is -0.489 e. The Balaban J connectivity index is 1.91. The van der Waals surface area contributed by atoms with E-state index in [0.717, 1.165) is 5.06 Å². The predicted molar refractivity (Wildman–Crippen MR) is 68.8 cm³/mol. The Morgan fingerprint density at radius 3 is 2.52 bits per heavy atom. The normalized spacial score (nSPS) is 23.1. The number of hydrogen-bond acceptors (Lipinski definition) is 4. The van der Waals surface area contributed by atoms with Gasteiger partial charge in [-0.15, -0.1) is 5.06 Å². The number of hydroxylamine groups is 2. The third-order valence-electron chi connectivity index (χ3n) is 3.03. The molecule has 21 heavy (non-hydrogen) atoms. The first-order valence-corrected chi connectivity index (χ1v) is 6.61. The Morgan fingerprint density at radius 2 is 1.95 bits per heavy atom. The van der Waals surface area contributed by atoms with E-state index in [1.54, 1.807) is 31.2 Å². The summed E-state index contributed by atoms with van der Waals surface area (Å²) in [7, 11) is 0. The van der Waals surface area contributed by atoms with Crippen LogP contribution in [0.15, 0.2) is 24.3 Å². The summed E-state index contributed by atoms with van der Waals surface area (Å²) in [6.07, 6.45) is -4.91. The third-order valence-corrected chi connectivity index (χ3v) is 3.28. The fourth-order valence-corrected chi connectivity index (χ4v) is 2.16. The van der Waals surface area contributed by atoms with Gasteiger partial charge in [0.05, 0.1) is 6.54 Å². The zero-order valence-corrected chi connectivity index (χ0v) is 11.8. The van der Waals surface area contributed by atoms with Crippen molar-refractivity contribution in [2.24, 2.45) is 0 Å². The third kappa shape index (κ3) is 4.25. The minimum absolute atomic E-state index is 0.0750. The fourth-order valence-electron chi connectivity index (χ4n) is 2.03. The highest BCUT2D eigenvalue weighted by atomic mass is 35.5. The monoisotopic (exact) mass is 323 g/mol. The van der Waals surface area contributed by atoms with Crippen LogP contribution in [0.1, 0.15) is 13.3 Å². The summed E-state index contributed by atoms with van der Waals surface area (Å²) in [6, 6.07) is 6.27. The van der Waals surface area contributed by atoms with Crippen LogP contribution in [0.25, 0.3) is 0 Å². The van der Waals surface area contributed by atoms with Crippen LogP contribution in [0.4, 0.5) is 13.2 Å². The molecule has 0 amide bonds. The van der Waals surface area contributed by atoms with E-state index in [4.69, 9.17) is 16.3 Å². The van der Waals surface area contributed by atoms with Gasteiger partial charge in [0.15, 0.2) is 0 Å². The highest BCUT2D eigenvalue weighted by molar-refractivity contribution is 6.30. The Morgan fingerprint density at radius 1 is 1.33 bits per heavy atom. The van der Waals surface area contributed by atoms with Crippen molar-refractivity contribution in [1.82, 2.24) is 5.06 Å². The van der Waals surface area contributed by atoms with Crippen LogP contribution in [0.5, 0.6) is 5.75 Å². The van der Waals surface area contributed by atoms with E-state index < -0.39 is 12.1 Å². The van der Waals surface area contributed by atoms with Gasteiger partial charge < -0.3 is 9.57 Å². The zero-order valence-electron chi connectivity index (χ0n) is 11.1. The van der Waals surface area contributed by atoms with Crippen LogP contribution in [0.2, 0.25) is 5.02 Å². The molecule has 2 rings (SSSR count). The molecule has 4 nitrogen and oxygen atoms in total. The lowest BCUT2D eigenvalue weighted by molar-refractivity contribution is -0.241. The van der Waals surface area contributed by atoms with E-state index in [0.29, 0.717) is 17.2 Å². The van der Waals surface area contributed by atoms with Gasteiger partial charge in [-0.2, -0.15) is 13.2 Å². The second-order valence-corrected chi connectivity index (χ2v) is 5.19.